The van der Waals surface area contributed by atoms with E-state index < -0.39 is 34.7 Å². The van der Waals surface area contributed by atoms with Crippen LogP contribution in [0.3, 0.4) is 0 Å². The molecule has 5 nitrogen and oxygen atoms in total. The molecule has 196 valence electrons. The monoisotopic (exact) mass is 518 g/mol. The van der Waals surface area contributed by atoms with E-state index in [1.807, 2.05) is 121 Å². The second kappa shape index (κ2) is 9.83. The molecule has 2 saturated heterocycles. The lowest BCUT2D eigenvalue weighted by atomic mass is 9.58. The first-order valence-corrected chi connectivity index (χ1v) is 13.3. The van der Waals surface area contributed by atoms with Crippen molar-refractivity contribution >= 4 is 11.9 Å². The molecule has 0 unspecified atom stereocenters. The number of fused-ring (bicyclic) bond motifs is 1. The maximum atomic E-state index is 14.1. The minimum absolute atomic E-state index is 0.0298. The van der Waals surface area contributed by atoms with Crippen LogP contribution in [0.4, 0.5) is 0 Å². The molecule has 0 aromatic heterocycles. The Morgan fingerprint density at radius 1 is 0.615 bits per heavy atom. The number of aliphatic hydroxyl groups is 1. The molecule has 4 aromatic rings. The second-order valence-corrected chi connectivity index (χ2v) is 10.6. The largest absolute Gasteiger partial charge is 0.451 e. The number of carbonyl (C=O) groups excluding carboxylic acids is 2. The molecule has 2 aliphatic heterocycles. The van der Waals surface area contributed by atoms with E-state index in [-0.39, 0.29) is 25.7 Å². The van der Waals surface area contributed by atoms with E-state index in [9.17, 15) is 14.7 Å². The Bertz CT molecular complexity index is 1460. The molecule has 5 heteroatoms. The first-order valence-electron chi connectivity index (χ1n) is 13.3. The Balaban J connectivity index is 1.62. The maximum absolute atomic E-state index is 14.1. The average molecular weight is 519 g/mol. The van der Waals surface area contributed by atoms with Crippen LogP contribution in [0.5, 0.6) is 0 Å². The van der Waals surface area contributed by atoms with Crippen molar-refractivity contribution in [2.45, 2.75) is 48.4 Å². The Hall–Kier alpha value is -4.22. The van der Waals surface area contributed by atoms with Gasteiger partial charge in [0.25, 0.3) is 0 Å². The highest BCUT2D eigenvalue weighted by Crippen LogP contribution is 2.60. The molecule has 2 fully saturated rings. The fraction of sp³-hybridized carbons (Fsp3) is 0.235. The number of hydrogen-bond acceptors (Lipinski definition) is 5. The van der Waals surface area contributed by atoms with Crippen molar-refractivity contribution in [2.75, 3.05) is 0 Å². The van der Waals surface area contributed by atoms with Crippen LogP contribution in [0, 0.1) is 0 Å². The van der Waals surface area contributed by atoms with Gasteiger partial charge in [0.1, 0.15) is 0 Å². The highest BCUT2D eigenvalue weighted by molar-refractivity contribution is 5.89. The Morgan fingerprint density at radius 2 is 1.08 bits per heavy atom. The van der Waals surface area contributed by atoms with Crippen molar-refractivity contribution in [1.29, 1.82) is 0 Å². The summed E-state index contributed by atoms with van der Waals surface area (Å²) in [6.07, 6.45) is 0.369. The third-order valence-electron chi connectivity index (χ3n) is 8.30. The van der Waals surface area contributed by atoms with Gasteiger partial charge >= 0.3 is 11.9 Å². The predicted molar refractivity (Wildman–Crippen MR) is 147 cm³/mol. The van der Waals surface area contributed by atoms with Gasteiger partial charge in [-0.1, -0.05) is 121 Å². The zero-order valence-electron chi connectivity index (χ0n) is 21.5. The van der Waals surface area contributed by atoms with Crippen LogP contribution in [-0.4, -0.2) is 33.8 Å². The van der Waals surface area contributed by atoms with Crippen LogP contribution < -0.4 is 0 Å². The number of ether oxygens (including phenoxy) is 2. The molecule has 0 radical (unpaired) electrons. The Kier molecular flexibility index (Phi) is 6.32. The van der Waals surface area contributed by atoms with E-state index in [1.54, 1.807) is 0 Å². The molecule has 6 rings (SSSR count). The van der Waals surface area contributed by atoms with E-state index >= 15 is 0 Å². The molecule has 4 atom stereocenters. The summed E-state index contributed by atoms with van der Waals surface area (Å²) in [7, 11) is 0. The van der Waals surface area contributed by atoms with Gasteiger partial charge in [-0.05, 0) is 22.3 Å². The SMILES string of the molecule is O=C1C[C@H](c2ccccc2)[C@]2(Cc3ccccc3)OC(=O)[C@](O)(Cc3ccccc3)[C@]2(Cc2ccccc2)O1. The number of carbonyl (C=O) groups is 2. The van der Waals surface area contributed by atoms with Crippen molar-refractivity contribution in [3.63, 3.8) is 0 Å². The van der Waals surface area contributed by atoms with Crippen LogP contribution in [0.25, 0.3) is 0 Å². The summed E-state index contributed by atoms with van der Waals surface area (Å²) >= 11 is 0. The normalized spacial score (nSPS) is 27.9. The molecule has 1 N–H and O–H groups in total. The fourth-order valence-corrected chi connectivity index (χ4v) is 6.53. The van der Waals surface area contributed by atoms with Crippen molar-refractivity contribution in [3.05, 3.63) is 144 Å². The molecule has 4 aromatic carbocycles. The number of rotatable bonds is 7. The average Bonchev–Trinajstić information content (AvgIpc) is 3.13. The molecule has 2 aliphatic rings. The quantitative estimate of drug-likeness (QED) is 0.340. The van der Waals surface area contributed by atoms with Crippen LogP contribution >= 0.6 is 0 Å². The van der Waals surface area contributed by atoms with Gasteiger partial charge in [-0.15, -0.1) is 0 Å². The summed E-state index contributed by atoms with van der Waals surface area (Å²) in [4.78, 5) is 27.6. The van der Waals surface area contributed by atoms with Crippen LogP contribution in [0.15, 0.2) is 121 Å². The third kappa shape index (κ3) is 4.14. The summed E-state index contributed by atoms with van der Waals surface area (Å²) in [6.45, 7) is 0. The van der Waals surface area contributed by atoms with Gasteiger partial charge in [-0.25, -0.2) is 4.79 Å². The fourth-order valence-electron chi connectivity index (χ4n) is 6.53. The molecular weight excluding hydrogens is 488 g/mol. The number of benzene rings is 4. The zero-order chi connectivity index (χ0) is 26.9. The second-order valence-electron chi connectivity index (χ2n) is 10.6. The highest BCUT2D eigenvalue weighted by Gasteiger charge is 2.80. The Morgan fingerprint density at radius 3 is 1.62 bits per heavy atom. The maximum Gasteiger partial charge on any atom is 0.343 e. The summed E-state index contributed by atoms with van der Waals surface area (Å²) < 4.78 is 12.8. The molecular formula is C34H30O5. The molecule has 2 heterocycles. The molecule has 0 amide bonds. The zero-order valence-corrected chi connectivity index (χ0v) is 21.5. The molecule has 0 bridgehead atoms. The number of hydrogen-bond donors (Lipinski definition) is 1. The summed E-state index contributed by atoms with van der Waals surface area (Å²) in [6, 6.07) is 38.3. The Labute approximate surface area is 228 Å². The van der Waals surface area contributed by atoms with Gasteiger partial charge in [0.05, 0.1) is 6.42 Å². The van der Waals surface area contributed by atoms with Crippen LogP contribution in [0.2, 0.25) is 0 Å². The van der Waals surface area contributed by atoms with Crippen molar-refractivity contribution in [3.8, 4) is 0 Å². The molecule has 0 saturated carbocycles. The first kappa shape index (κ1) is 25.1. The lowest BCUT2D eigenvalue weighted by molar-refractivity contribution is -0.232. The van der Waals surface area contributed by atoms with Gasteiger partial charge < -0.3 is 14.6 Å². The van der Waals surface area contributed by atoms with Crippen LogP contribution in [0.1, 0.15) is 34.6 Å². The van der Waals surface area contributed by atoms with Crippen molar-refractivity contribution in [2.24, 2.45) is 0 Å². The van der Waals surface area contributed by atoms with Gasteiger partial charge in [-0.2, -0.15) is 0 Å². The van der Waals surface area contributed by atoms with E-state index in [1.165, 1.54) is 0 Å². The summed E-state index contributed by atoms with van der Waals surface area (Å²) in [5, 5.41) is 12.6. The smallest absolute Gasteiger partial charge is 0.343 e. The molecule has 0 aliphatic carbocycles. The standard InChI is InChI=1S/C34H30O5/c35-30-21-29(28-19-11-4-12-20-28)33(23-26-15-7-2-8-16-26)34(38-30,24-27-17-9-3-10-18-27)32(37,31(36)39-33)22-25-13-5-1-6-14-25/h1-20,29,37H,21-24H2/t29-,32-,33+,34+/m1/s1. The van der Waals surface area contributed by atoms with Crippen LogP contribution in [-0.2, 0) is 38.3 Å². The van der Waals surface area contributed by atoms with Gasteiger partial charge in [0.15, 0.2) is 11.2 Å². The van der Waals surface area contributed by atoms with E-state index in [2.05, 4.69) is 0 Å². The first-order chi connectivity index (χ1) is 19.0. The summed E-state index contributed by atoms with van der Waals surface area (Å²) in [5.41, 5.74) is -1.81. The van der Waals surface area contributed by atoms with E-state index in [0.29, 0.717) is 0 Å². The highest BCUT2D eigenvalue weighted by atomic mass is 16.6. The van der Waals surface area contributed by atoms with Gasteiger partial charge in [0, 0.05) is 25.2 Å². The van der Waals surface area contributed by atoms with Crippen molar-refractivity contribution in [1.82, 2.24) is 0 Å². The van der Waals surface area contributed by atoms with Crippen molar-refractivity contribution < 1.29 is 24.2 Å². The molecule has 39 heavy (non-hydrogen) atoms. The van der Waals surface area contributed by atoms with E-state index in [0.717, 1.165) is 22.3 Å². The summed E-state index contributed by atoms with van der Waals surface area (Å²) in [5.74, 6) is -1.76. The minimum atomic E-state index is -2.12. The van der Waals surface area contributed by atoms with Gasteiger partial charge in [0.2, 0.25) is 5.60 Å². The minimum Gasteiger partial charge on any atom is -0.451 e. The predicted octanol–water partition coefficient (Wildman–Crippen LogP) is 5.21. The third-order valence-corrected chi connectivity index (χ3v) is 8.30. The van der Waals surface area contributed by atoms with E-state index in [4.69, 9.17) is 9.47 Å². The number of esters is 2. The lowest BCUT2D eigenvalue weighted by Gasteiger charge is -2.53. The van der Waals surface area contributed by atoms with Gasteiger partial charge in [-0.3, -0.25) is 4.79 Å². The molecule has 0 spiro atoms. The lowest BCUT2D eigenvalue weighted by Crippen LogP contribution is -2.72. The topological polar surface area (TPSA) is 72.8 Å².